The Bertz CT molecular complexity index is 1250. The molecule has 0 radical (unpaired) electrons. The quantitative estimate of drug-likeness (QED) is 0.390. The fourth-order valence-electron chi connectivity index (χ4n) is 5.01. The van der Waals surface area contributed by atoms with Gasteiger partial charge in [0.05, 0.1) is 6.54 Å². The summed E-state index contributed by atoms with van der Waals surface area (Å²) in [5, 5.41) is 6.80. The van der Waals surface area contributed by atoms with Crippen LogP contribution in [0.3, 0.4) is 0 Å². The summed E-state index contributed by atoms with van der Waals surface area (Å²) in [5.74, 6) is 0. The van der Waals surface area contributed by atoms with Crippen LogP contribution in [0.1, 0.15) is 68.4 Å². The van der Waals surface area contributed by atoms with Crippen LogP contribution in [0.5, 0.6) is 0 Å². The van der Waals surface area contributed by atoms with Crippen molar-refractivity contribution in [1.82, 2.24) is 19.8 Å². The Morgan fingerprint density at radius 2 is 1.54 bits per heavy atom. The summed E-state index contributed by atoms with van der Waals surface area (Å²) < 4.78 is 15.8. The van der Waals surface area contributed by atoms with Gasteiger partial charge in [-0.1, -0.05) is 18.2 Å². The second-order valence-corrected chi connectivity index (χ2v) is 9.69. The number of nitrogens with zero attached hydrogens (tertiary/aromatic N) is 2. The van der Waals surface area contributed by atoms with Crippen LogP contribution >= 0.6 is 0 Å². The number of fused-ring (bicyclic) bond motifs is 4. The van der Waals surface area contributed by atoms with Crippen LogP contribution < -0.4 is 10.6 Å². The minimum atomic E-state index is -0.459. The number of carbonyl (C=O) groups is 2. The predicted molar refractivity (Wildman–Crippen MR) is 136 cm³/mol. The first-order valence-electron chi connectivity index (χ1n) is 12.4. The van der Waals surface area contributed by atoms with Gasteiger partial charge in [0.2, 0.25) is 0 Å². The standard InChI is InChI=1S/C27H36N4O4/c1-7-30-23-11-9-8-10-19(23)20-12-24-22(15-35-27(33)29-17(4)5)21(14-34-26(32)28-16(2)3)18(6)31(24)13-25(20)30/h8-11,16-17H,7,12-15H2,1-6H3,(H,28,32)(H,29,33). The Morgan fingerprint density at radius 3 is 2.14 bits per heavy atom. The van der Waals surface area contributed by atoms with E-state index in [2.05, 4.69) is 51.0 Å². The number of hydrogen-bond acceptors (Lipinski definition) is 4. The van der Waals surface area contributed by atoms with Gasteiger partial charge in [-0.3, -0.25) is 0 Å². The summed E-state index contributed by atoms with van der Waals surface area (Å²) in [7, 11) is 0. The molecule has 0 bridgehead atoms. The maximum atomic E-state index is 12.3. The smallest absolute Gasteiger partial charge is 0.407 e. The van der Waals surface area contributed by atoms with Crippen molar-refractivity contribution in [3.05, 3.63) is 58.0 Å². The van der Waals surface area contributed by atoms with Gasteiger partial charge in [0.15, 0.2) is 0 Å². The molecule has 1 aromatic carbocycles. The van der Waals surface area contributed by atoms with E-state index < -0.39 is 12.2 Å². The molecular weight excluding hydrogens is 444 g/mol. The molecule has 8 heteroatoms. The number of ether oxygens (including phenoxy) is 2. The summed E-state index contributed by atoms with van der Waals surface area (Å²) in [6, 6.07) is 8.48. The number of hydrogen-bond donors (Lipinski definition) is 2. The molecule has 1 aliphatic rings. The Labute approximate surface area is 206 Å². The minimum absolute atomic E-state index is 0.0133. The number of rotatable bonds is 7. The van der Waals surface area contributed by atoms with Crippen molar-refractivity contribution >= 4 is 23.1 Å². The van der Waals surface area contributed by atoms with E-state index in [1.165, 1.54) is 22.2 Å². The lowest BCUT2D eigenvalue weighted by atomic mass is 9.99. The lowest BCUT2D eigenvalue weighted by Crippen LogP contribution is -2.31. The molecule has 0 unspecified atom stereocenters. The Kier molecular flexibility index (Phi) is 7.10. The highest BCUT2D eigenvalue weighted by atomic mass is 16.6. The molecule has 35 heavy (non-hydrogen) atoms. The molecule has 3 aromatic rings. The second-order valence-electron chi connectivity index (χ2n) is 9.69. The Hall–Kier alpha value is -3.42. The zero-order chi connectivity index (χ0) is 25.3. The minimum Gasteiger partial charge on any atom is -0.445 e. The fourth-order valence-corrected chi connectivity index (χ4v) is 5.01. The molecule has 188 valence electrons. The monoisotopic (exact) mass is 480 g/mol. The van der Waals surface area contributed by atoms with Crippen LogP contribution in [0, 0.1) is 6.92 Å². The van der Waals surface area contributed by atoms with E-state index >= 15 is 0 Å². The molecule has 0 spiro atoms. The highest BCUT2D eigenvalue weighted by molar-refractivity contribution is 5.86. The second kappa shape index (κ2) is 10.1. The maximum Gasteiger partial charge on any atom is 0.407 e. The van der Waals surface area contributed by atoms with Gasteiger partial charge in [0.25, 0.3) is 0 Å². The SMILES string of the molecule is CCn1c2c(c3ccccc31)Cc1c(COC(=O)NC(C)C)c(COC(=O)NC(C)C)c(C)n1C2. The van der Waals surface area contributed by atoms with E-state index in [0.717, 1.165) is 42.0 Å². The summed E-state index contributed by atoms with van der Waals surface area (Å²) in [5.41, 5.74) is 7.80. The zero-order valence-electron chi connectivity index (χ0n) is 21.5. The first-order valence-corrected chi connectivity index (χ1v) is 12.4. The van der Waals surface area contributed by atoms with Crippen LogP contribution in [-0.4, -0.2) is 33.4 Å². The number of amides is 2. The van der Waals surface area contributed by atoms with Gasteiger partial charge in [-0.05, 0) is 53.2 Å². The summed E-state index contributed by atoms with van der Waals surface area (Å²) in [6.07, 6.45) is -0.187. The number of nitrogens with one attached hydrogen (secondary N) is 2. The van der Waals surface area contributed by atoms with E-state index in [1.54, 1.807) is 0 Å². The average molecular weight is 481 g/mol. The molecule has 3 heterocycles. The van der Waals surface area contributed by atoms with Crippen molar-refractivity contribution in [2.24, 2.45) is 0 Å². The number of carbonyl (C=O) groups excluding carboxylic acids is 2. The summed E-state index contributed by atoms with van der Waals surface area (Å²) in [4.78, 5) is 24.5. The average Bonchev–Trinajstić information content (AvgIpc) is 3.25. The number of aromatic nitrogens is 2. The first kappa shape index (κ1) is 24.7. The molecule has 0 atom stereocenters. The molecule has 4 rings (SSSR count). The highest BCUT2D eigenvalue weighted by Gasteiger charge is 2.30. The third-order valence-electron chi connectivity index (χ3n) is 6.55. The lowest BCUT2D eigenvalue weighted by Gasteiger charge is -2.21. The van der Waals surface area contributed by atoms with Crippen LogP contribution in [0.25, 0.3) is 10.9 Å². The molecule has 2 N–H and O–H groups in total. The third-order valence-corrected chi connectivity index (χ3v) is 6.55. The molecule has 2 amide bonds. The van der Waals surface area contributed by atoms with Crippen molar-refractivity contribution in [3.8, 4) is 0 Å². The Balaban J connectivity index is 1.72. The number of aryl methyl sites for hydroxylation is 1. The molecular formula is C27H36N4O4. The van der Waals surface area contributed by atoms with Crippen LogP contribution in [0.15, 0.2) is 24.3 Å². The number of alkyl carbamates (subject to hydrolysis) is 2. The largest absolute Gasteiger partial charge is 0.445 e. The molecule has 0 saturated carbocycles. The van der Waals surface area contributed by atoms with Gasteiger partial charge in [0.1, 0.15) is 13.2 Å². The van der Waals surface area contributed by atoms with Crippen molar-refractivity contribution < 1.29 is 19.1 Å². The van der Waals surface area contributed by atoms with Crippen molar-refractivity contribution in [2.75, 3.05) is 0 Å². The van der Waals surface area contributed by atoms with E-state index in [9.17, 15) is 9.59 Å². The number of para-hydroxylation sites is 1. The summed E-state index contributed by atoms with van der Waals surface area (Å²) in [6.45, 7) is 13.6. The van der Waals surface area contributed by atoms with Gasteiger partial charge in [-0.25, -0.2) is 9.59 Å². The third kappa shape index (κ3) is 4.88. The molecule has 1 aliphatic heterocycles. The van der Waals surface area contributed by atoms with E-state index in [4.69, 9.17) is 9.47 Å². The van der Waals surface area contributed by atoms with Crippen molar-refractivity contribution in [3.63, 3.8) is 0 Å². The van der Waals surface area contributed by atoms with Gasteiger partial charge in [0, 0.05) is 64.2 Å². The van der Waals surface area contributed by atoms with Gasteiger partial charge in [-0.15, -0.1) is 0 Å². The van der Waals surface area contributed by atoms with Crippen LogP contribution in [-0.2, 0) is 42.2 Å². The van der Waals surface area contributed by atoms with E-state index in [0.29, 0.717) is 0 Å². The predicted octanol–water partition coefficient (Wildman–Crippen LogP) is 4.99. The van der Waals surface area contributed by atoms with Crippen LogP contribution in [0.4, 0.5) is 9.59 Å². The van der Waals surface area contributed by atoms with E-state index in [1.807, 2.05) is 34.6 Å². The maximum absolute atomic E-state index is 12.3. The van der Waals surface area contributed by atoms with Gasteiger partial charge < -0.3 is 29.2 Å². The Morgan fingerprint density at radius 1 is 0.943 bits per heavy atom. The first-order chi connectivity index (χ1) is 16.7. The van der Waals surface area contributed by atoms with Crippen molar-refractivity contribution in [2.45, 2.75) is 86.4 Å². The highest BCUT2D eigenvalue weighted by Crippen LogP contribution is 2.37. The molecule has 8 nitrogen and oxygen atoms in total. The molecule has 0 saturated heterocycles. The fraction of sp³-hybridized carbons (Fsp3) is 0.481. The van der Waals surface area contributed by atoms with E-state index in [-0.39, 0.29) is 25.3 Å². The van der Waals surface area contributed by atoms with Crippen LogP contribution in [0.2, 0.25) is 0 Å². The number of benzene rings is 1. The van der Waals surface area contributed by atoms with Gasteiger partial charge >= 0.3 is 12.2 Å². The van der Waals surface area contributed by atoms with Crippen molar-refractivity contribution in [1.29, 1.82) is 0 Å². The normalized spacial score (nSPS) is 12.6. The summed E-state index contributed by atoms with van der Waals surface area (Å²) >= 11 is 0. The lowest BCUT2D eigenvalue weighted by molar-refractivity contribution is 0.129. The van der Waals surface area contributed by atoms with Gasteiger partial charge in [-0.2, -0.15) is 0 Å². The molecule has 2 aromatic heterocycles. The topological polar surface area (TPSA) is 86.5 Å². The molecule has 0 aliphatic carbocycles. The zero-order valence-corrected chi connectivity index (χ0v) is 21.5. The molecule has 0 fully saturated rings.